The number of esters is 1. The smallest absolute Gasteiger partial charge is 0.311 e. The monoisotopic (exact) mass is 152 g/mol. The maximum atomic E-state index is 10.6. The van der Waals surface area contributed by atoms with Gasteiger partial charge in [0, 0.05) is 6.42 Å². The Morgan fingerprint density at radius 2 is 2.45 bits per heavy atom. The van der Waals surface area contributed by atoms with Gasteiger partial charge in [-0.05, 0) is 19.4 Å². The molecule has 2 heteroatoms. The fraction of sp³-hybridized carbons (Fsp3) is 0.444. The molecule has 0 aromatic rings. The number of carbonyl (C=O) groups excluding carboxylic acids is 1. The van der Waals surface area contributed by atoms with E-state index in [1.54, 1.807) is 0 Å². The van der Waals surface area contributed by atoms with E-state index in [9.17, 15) is 4.79 Å². The molecule has 1 aliphatic heterocycles. The summed E-state index contributed by atoms with van der Waals surface area (Å²) in [7, 11) is 0. The third-order valence-corrected chi connectivity index (χ3v) is 1.50. The maximum absolute atomic E-state index is 10.6. The van der Waals surface area contributed by atoms with E-state index in [-0.39, 0.29) is 5.97 Å². The molecule has 1 rings (SSSR count). The minimum atomic E-state index is -0.113. The first kappa shape index (κ1) is 8.05. The van der Waals surface area contributed by atoms with Crippen LogP contribution >= 0.6 is 0 Å². The second-order valence-corrected chi connectivity index (χ2v) is 2.81. The van der Waals surface area contributed by atoms with Crippen molar-refractivity contribution in [2.45, 2.75) is 26.2 Å². The summed E-state index contributed by atoms with van der Waals surface area (Å²) in [5.74, 6) is 0.691. The summed E-state index contributed by atoms with van der Waals surface area (Å²) in [5, 5.41) is 0. The zero-order chi connectivity index (χ0) is 8.27. The third-order valence-electron chi connectivity index (χ3n) is 1.50. The molecule has 60 valence electrons. The van der Waals surface area contributed by atoms with Gasteiger partial charge >= 0.3 is 5.97 Å². The van der Waals surface area contributed by atoms with Crippen LogP contribution in [-0.4, -0.2) is 5.97 Å². The molecule has 1 fully saturated rings. The van der Waals surface area contributed by atoms with E-state index in [1.807, 2.05) is 13.0 Å². The van der Waals surface area contributed by atoms with Crippen molar-refractivity contribution in [2.75, 3.05) is 0 Å². The fourth-order valence-electron chi connectivity index (χ4n) is 0.905. The van der Waals surface area contributed by atoms with Crippen LogP contribution in [-0.2, 0) is 9.53 Å². The van der Waals surface area contributed by atoms with E-state index < -0.39 is 0 Å². The van der Waals surface area contributed by atoms with Crippen LogP contribution in [0.15, 0.2) is 24.0 Å². The van der Waals surface area contributed by atoms with Gasteiger partial charge in [0.05, 0.1) is 6.42 Å². The van der Waals surface area contributed by atoms with Crippen LogP contribution in [0, 0.1) is 0 Å². The molecule has 2 nitrogen and oxygen atoms in total. The highest BCUT2D eigenvalue weighted by Crippen LogP contribution is 2.18. The van der Waals surface area contributed by atoms with Gasteiger partial charge in [-0.2, -0.15) is 0 Å². The Bertz CT molecular complexity index is 214. The first-order chi connectivity index (χ1) is 5.18. The minimum Gasteiger partial charge on any atom is -0.431 e. The van der Waals surface area contributed by atoms with E-state index in [0.29, 0.717) is 6.42 Å². The average molecular weight is 152 g/mol. The molecule has 0 aromatic heterocycles. The molecule has 0 unspecified atom stereocenters. The molecule has 0 spiro atoms. The van der Waals surface area contributed by atoms with Crippen molar-refractivity contribution in [3.8, 4) is 0 Å². The van der Waals surface area contributed by atoms with Crippen LogP contribution in [0.25, 0.3) is 0 Å². The third kappa shape index (κ3) is 2.58. The van der Waals surface area contributed by atoms with Crippen LogP contribution < -0.4 is 0 Å². The van der Waals surface area contributed by atoms with Gasteiger partial charge in [0.1, 0.15) is 5.76 Å². The standard InChI is InChI=1S/C9H12O2/c1-7(2)3-4-8-5-6-9(10)11-8/h4H,1,3,5-6H2,2H3/b8-4+. The highest BCUT2D eigenvalue weighted by molar-refractivity contribution is 5.73. The fourth-order valence-corrected chi connectivity index (χ4v) is 0.905. The number of hydrogen-bond donors (Lipinski definition) is 0. The summed E-state index contributed by atoms with van der Waals surface area (Å²) in [6, 6.07) is 0. The minimum absolute atomic E-state index is 0.113. The highest BCUT2D eigenvalue weighted by atomic mass is 16.5. The summed E-state index contributed by atoms with van der Waals surface area (Å²) in [6.45, 7) is 5.70. The van der Waals surface area contributed by atoms with Crippen molar-refractivity contribution in [3.63, 3.8) is 0 Å². The van der Waals surface area contributed by atoms with Gasteiger partial charge in [-0.3, -0.25) is 4.79 Å². The molecule has 1 saturated heterocycles. The average Bonchev–Trinajstić information content (AvgIpc) is 2.31. The molecule has 1 heterocycles. The Morgan fingerprint density at radius 3 is 2.91 bits per heavy atom. The largest absolute Gasteiger partial charge is 0.431 e. The normalized spacial score (nSPS) is 20.5. The molecule has 0 amide bonds. The molecule has 0 aromatic carbocycles. The first-order valence-corrected chi connectivity index (χ1v) is 3.72. The molecule has 0 bridgehead atoms. The lowest BCUT2D eigenvalue weighted by atomic mass is 10.2. The van der Waals surface area contributed by atoms with Crippen molar-refractivity contribution < 1.29 is 9.53 Å². The van der Waals surface area contributed by atoms with Crippen LogP contribution in [0.3, 0.4) is 0 Å². The predicted molar refractivity (Wildman–Crippen MR) is 42.8 cm³/mol. The van der Waals surface area contributed by atoms with Gasteiger partial charge in [-0.25, -0.2) is 0 Å². The zero-order valence-electron chi connectivity index (χ0n) is 6.72. The number of allylic oxidation sites excluding steroid dienone is 3. The summed E-state index contributed by atoms with van der Waals surface area (Å²) >= 11 is 0. The summed E-state index contributed by atoms with van der Waals surface area (Å²) in [5.41, 5.74) is 1.08. The van der Waals surface area contributed by atoms with E-state index in [2.05, 4.69) is 6.58 Å². The summed E-state index contributed by atoms with van der Waals surface area (Å²) in [4.78, 5) is 10.6. The van der Waals surface area contributed by atoms with Crippen molar-refractivity contribution >= 4 is 5.97 Å². The molecule has 11 heavy (non-hydrogen) atoms. The Hall–Kier alpha value is -1.05. The number of hydrogen-bond acceptors (Lipinski definition) is 2. The maximum Gasteiger partial charge on any atom is 0.311 e. The number of rotatable bonds is 2. The molecule has 0 radical (unpaired) electrons. The predicted octanol–water partition coefficient (Wildman–Crippen LogP) is 2.17. The van der Waals surface area contributed by atoms with E-state index in [0.717, 1.165) is 24.2 Å². The quantitative estimate of drug-likeness (QED) is 0.447. The second kappa shape index (κ2) is 3.37. The zero-order valence-corrected chi connectivity index (χ0v) is 6.72. The van der Waals surface area contributed by atoms with Crippen LogP contribution in [0.5, 0.6) is 0 Å². The van der Waals surface area contributed by atoms with Crippen molar-refractivity contribution in [2.24, 2.45) is 0 Å². The first-order valence-electron chi connectivity index (χ1n) is 3.72. The van der Waals surface area contributed by atoms with E-state index in [4.69, 9.17) is 4.74 Å². The molecule has 0 saturated carbocycles. The topological polar surface area (TPSA) is 26.3 Å². The highest BCUT2D eigenvalue weighted by Gasteiger charge is 2.15. The van der Waals surface area contributed by atoms with Gasteiger partial charge in [-0.1, -0.05) is 12.2 Å². The molecule has 0 atom stereocenters. The lowest BCUT2D eigenvalue weighted by Crippen LogP contribution is -1.89. The Kier molecular flexibility index (Phi) is 2.47. The lowest BCUT2D eigenvalue weighted by molar-refractivity contribution is -0.135. The molecule has 1 aliphatic rings. The SMILES string of the molecule is C=C(C)C/C=C1\CCC(=O)O1. The molecular weight excluding hydrogens is 140 g/mol. The molecule has 0 aliphatic carbocycles. The van der Waals surface area contributed by atoms with Crippen molar-refractivity contribution in [3.05, 3.63) is 24.0 Å². The summed E-state index contributed by atoms with van der Waals surface area (Å²) < 4.78 is 4.89. The van der Waals surface area contributed by atoms with Crippen LogP contribution in [0.2, 0.25) is 0 Å². The summed E-state index contributed by atoms with van der Waals surface area (Å²) in [6.07, 6.45) is 4.02. The molecule has 0 N–H and O–H groups in total. The Morgan fingerprint density at radius 1 is 1.73 bits per heavy atom. The van der Waals surface area contributed by atoms with Crippen LogP contribution in [0.1, 0.15) is 26.2 Å². The van der Waals surface area contributed by atoms with E-state index >= 15 is 0 Å². The van der Waals surface area contributed by atoms with Gasteiger partial charge in [0.25, 0.3) is 0 Å². The van der Waals surface area contributed by atoms with Gasteiger partial charge in [0.15, 0.2) is 0 Å². The molecular formula is C9H12O2. The number of ether oxygens (including phenoxy) is 1. The van der Waals surface area contributed by atoms with Gasteiger partial charge in [-0.15, -0.1) is 0 Å². The van der Waals surface area contributed by atoms with E-state index in [1.165, 1.54) is 0 Å². The number of carbonyl (C=O) groups is 1. The Balaban J connectivity index is 2.42. The van der Waals surface area contributed by atoms with Crippen LogP contribution in [0.4, 0.5) is 0 Å². The van der Waals surface area contributed by atoms with Gasteiger partial charge in [0.2, 0.25) is 0 Å². The Labute approximate surface area is 66.5 Å². The van der Waals surface area contributed by atoms with Crippen molar-refractivity contribution in [1.29, 1.82) is 0 Å². The van der Waals surface area contributed by atoms with Crippen molar-refractivity contribution in [1.82, 2.24) is 0 Å². The van der Waals surface area contributed by atoms with Gasteiger partial charge < -0.3 is 4.74 Å². The lowest BCUT2D eigenvalue weighted by Gasteiger charge is -1.95. The second-order valence-electron chi connectivity index (χ2n) is 2.81. The number of cyclic esters (lactones) is 1.